The monoisotopic (exact) mass is 397 g/mol. The lowest BCUT2D eigenvalue weighted by molar-refractivity contribution is -0.121. The minimum Gasteiger partial charge on any atom is -0.328 e. The van der Waals surface area contributed by atoms with Crippen molar-refractivity contribution in [1.29, 1.82) is 0 Å². The molecule has 154 valence electrons. The summed E-state index contributed by atoms with van der Waals surface area (Å²) in [6, 6.07) is 2.57. The average molecular weight is 397 g/mol. The van der Waals surface area contributed by atoms with E-state index in [0.717, 1.165) is 43.1 Å². The third-order valence-corrected chi connectivity index (χ3v) is 5.41. The van der Waals surface area contributed by atoms with Gasteiger partial charge in [-0.25, -0.2) is 14.5 Å². The fraction of sp³-hybridized carbons (Fsp3) is 0.550. The zero-order valence-electron chi connectivity index (χ0n) is 16.8. The Bertz CT molecular complexity index is 880. The van der Waals surface area contributed by atoms with E-state index in [1.54, 1.807) is 23.4 Å². The zero-order chi connectivity index (χ0) is 20.4. The molecule has 4 rings (SSSR count). The first kappa shape index (κ1) is 19.4. The topological polar surface area (TPSA) is 105 Å². The number of carbonyl (C=O) groups excluding carboxylic acids is 2. The van der Waals surface area contributed by atoms with Crippen LogP contribution in [-0.4, -0.2) is 44.3 Å². The summed E-state index contributed by atoms with van der Waals surface area (Å²) in [5.74, 6) is 1.72. The molecule has 4 heterocycles. The number of nitrogens with one attached hydrogen (secondary N) is 2. The highest BCUT2D eigenvalue weighted by molar-refractivity contribution is 5.99. The van der Waals surface area contributed by atoms with E-state index < -0.39 is 6.04 Å². The number of aryl methyl sites for hydroxylation is 1. The van der Waals surface area contributed by atoms with Crippen LogP contribution < -0.4 is 15.5 Å². The van der Waals surface area contributed by atoms with Gasteiger partial charge in [-0.15, -0.1) is 0 Å². The van der Waals surface area contributed by atoms with Crippen molar-refractivity contribution < 1.29 is 9.59 Å². The average Bonchev–Trinajstić information content (AvgIpc) is 3.16. The van der Waals surface area contributed by atoms with Crippen LogP contribution in [0.2, 0.25) is 0 Å². The van der Waals surface area contributed by atoms with Gasteiger partial charge in [0, 0.05) is 25.2 Å². The van der Waals surface area contributed by atoms with Crippen molar-refractivity contribution in [3.63, 3.8) is 0 Å². The van der Waals surface area contributed by atoms with Gasteiger partial charge in [0.15, 0.2) is 5.82 Å². The Labute approximate surface area is 169 Å². The van der Waals surface area contributed by atoms with Crippen molar-refractivity contribution >= 4 is 17.6 Å². The van der Waals surface area contributed by atoms with Gasteiger partial charge < -0.3 is 15.5 Å². The first-order valence-corrected chi connectivity index (χ1v) is 10.3. The van der Waals surface area contributed by atoms with Crippen LogP contribution in [0, 0.1) is 0 Å². The van der Waals surface area contributed by atoms with Gasteiger partial charge in [0.1, 0.15) is 11.9 Å². The van der Waals surface area contributed by atoms with Crippen LogP contribution in [-0.2, 0) is 11.3 Å². The van der Waals surface area contributed by atoms with Crippen LogP contribution in [0.4, 0.5) is 10.5 Å². The maximum atomic E-state index is 12.9. The lowest BCUT2D eigenvalue weighted by Crippen LogP contribution is -2.55. The molecule has 1 saturated heterocycles. The van der Waals surface area contributed by atoms with Gasteiger partial charge in [-0.1, -0.05) is 13.8 Å². The molecule has 0 saturated carbocycles. The fourth-order valence-electron chi connectivity index (χ4n) is 3.89. The lowest BCUT2D eigenvalue weighted by atomic mass is 10.0. The highest BCUT2D eigenvalue weighted by Crippen LogP contribution is 2.25. The number of carbonyl (C=O) groups is 2. The van der Waals surface area contributed by atoms with Crippen molar-refractivity contribution in [2.45, 2.75) is 64.1 Å². The normalized spacial score (nSPS) is 21.8. The van der Waals surface area contributed by atoms with Crippen LogP contribution in [0.5, 0.6) is 0 Å². The van der Waals surface area contributed by atoms with Gasteiger partial charge in [-0.2, -0.15) is 5.10 Å². The Hall–Kier alpha value is -2.97. The molecular weight excluding hydrogens is 370 g/mol. The summed E-state index contributed by atoms with van der Waals surface area (Å²) < 4.78 is 1.89. The summed E-state index contributed by atoms with van der Waals surface area (Å²) in [6.07, 6.45) is 6.53. The van der Waals surface area contributed by atoms with E-state index in [0.29, 0.717) is 13.0 Å². The number of urea groups is 1. The van der Waals surface area contributed by atoms with Crippen LogP contribution >= 0.6 is 0 Å². The summed E-state index contributed by atoms with van der Waals surface area (Å²) in [6.45, 7) is 5.56. The molecule has 9 heteroatoms. The standard InChI is InChI=1S/C20H27N7O2/c1-13(2)17-24-18-15(7-5-11-27(18)25-17)22-20(29)23-16-8-4-10-26(19(16)28)14-6-3-9-21-12-14/h3,6,9,12-13,15-16H,4-5,7-8,10-11H2,1-2H3,(H2,22,23,29). The van der Waals surface area contributed by atoms with Crippen molar-refractivity contribution in [3.8, 4) is 0 Å². The van der Waals surface area contributed by atoms with Crippen molar-refractivity contribution in [3.05, 3.63) is 36.2 Å². The predicted molar refractivity (Wildman–Crippen MR) is 107 cm³/mol. The molecule has 1 fully saturated rings. The molecule has 3 amide bonds. The summed E-state index contributed by atoms with van der Waals surface area (Å²) in [5.41, 5.74) is 0.756. The van der Waals surface area contributed by atoms with Crippen LogP contribution in [0.3, 0.4) is 0 Å². The molecule has 2 aromatic rings. The summed E-state index contributed by atoms with van der Waals surface area (Å²) in [7, 11) is 0. The predicted octanol–water partition coefficient (Wildman–Crippen LogP) is 2.13. The van der Waals surface area contributed by atoms with E-state index in [9.17, 15) is 9.59 Å². The highest BCUT2D eigenvalue weighted by Gasteiger charge is 2.32. The van der Waals surface area contributed by atoms with Crippen LogP contribution in [0.25, 0.3) is 0 Å². The Morgan fingerprint density at radius 2 is 1.93 bits per heavy atom. The number of hydrogen-bond acceptors (Lipinski definition) is 5. The van der Waals surface area contributed by atoms with E-state index in [2.05, 4.69) is 39.5 Å². The SMILES string of the molecule is CC(C)c1nc2n(n1)CCCC2NC(=O)NC1CCCN(c2cccnc2)C1=O. The minimum absolute atomic E-state index is 0.103. The van der Waals surface area contributed by atoms with Gasteiger partial charge in [0.25, 0.3) is 0 Å². The number of rotatable bonds is 4. The van der Waals surface area contributed by atoms with Gasteiger partial charge in [0.05, 0.1) is 17.9 Å². The number of aromatic nitrogens is 4. The minimum atomic E-state index is -0.545. The molecule has 2 N–H and O–H groups in total. The van der Waals surface area contributed by atoms with E-state index >= 15 is 0 Å². The summed E-state index contributed by atoms with van der Waals surface area (Å²) in [5, 5.41) is 10.4. The first-order valence-electron chi connectivity index (χ1n) is 10.3. The van der Waals surface area contributed by atoms with E-state index in [4.69, 9.17) is 0 Å². The second kappa shape index (κ2) is 8.18. The van der Waals surface area contributed by atoms with Gasteiger partial charge >= 0.3 is 6.03 Å². The second-order valence-corrected chi connectivity index (χ2v) is 7.91. The summed E-state index contributed by atoms with van der Waals surface area (Å²) in [4.78, 5) is 35.9. The van der Waals surface area contributed by atoms with Crippen LogP contribution in [0.1, 0.15) is 63.1 Å². The number of nitrogens with zero attached hydrogens (tertiary/aromatic N) is 5. The van der Waals surface area contributed by atoms with Crippen molar-refractivity contribution in [2.24, 2.45) is 0 Å². The van der Waals surface area contributed by atoms with Crippen molar-refractivity contribution in [1.82, 2.24) is 30.4 Å². The molecule has 0 radical (unpaired) electrons. The molecule has 2 atom stereocenters. The van der Waals surface area contributed by atoms with Gasteiger partial charge in [-0.3, -0.25) is 9.78 Å². The number of anilines is 1. The molecule has 0 spiro atoms. The Morgan fingerprint density at radius 1 is 1.17 bits per heavy atom. The molecule has 2 aliphatic heterocycles. The third-order valence-electron chi connectivity index (χ3n) is 5.41. The Morgan fingerprint density at radius 3 is 2.69 bits per heavy atom. The van der Waals surface area contributed by atoms with Crippen LogP contribution in [0.15, 0.2) is 24.5 Å². The van der Waals surface area contributed by atoms with Gasteiger partial charge in [-0.05, 0) is 37.8 Å². The Balaban J connectivity index is 1.41. The molecule has 2 aliphatic rings. The van der Waals surface area contributed by atoms with Crippen molar-refractivity contribution in [2.75, 3.05) is 11.4 Å². The lowest BCUT2D eigenvalue weighted by Gasteiger charge is -2.33. The highest BCUT2D eigenvalue weighted by atomic mass is 16.2. The maximum absolute atomic E-state index is 12.9. The number of piperidine rings is 1. The fourth-order valence-corrected chi connectivity index (χ4v) is 3.89. The molecule has 0 aliphatic carbocycles. The number of fused-ring (bicyclic) bond motifs is 1. The second-order valence-electron chi connectivity index (χ2n) is 7.91. The molecule has 2 unspecified atom stereocenters. The molecule has 2 aromatic heterocycles. The van der Waals surface area contributed by atoms with Gasteiger partial charge in [0.2, 0.25) is 5.91 Å². The zero-order valence-corrected chi connectivity index (χ0v) is 16.8. The number of pyridine rings is 1. The quantitative estimate of drug-likeness (QED) is 0.822. The number of hydrogen-bond donors (Lipinski definition) is 2. The molecule has 0 aromatic carbocycles. The Kier molecular flexibility index (Phi) is 5.46. The molecule has 9 nitrogen and oxygen atoms in total. The van der Waals surface area contributed by atoms with E-state index in [1.165, 1.54) is 0 Å². The summed E-state index contributed by atoms with van der Waals surface area (Å²) >= 11 is 0. The first-order chi connectivity index (χ1) is 14.0. The largest absolute Gasteiger partial charge is 0.328 e. The number of amides is 3. The smallest absolute Gasteiger partial charge is 0.316 e. The molecule has 29 heavy (non-hydrogen) atoms. The maximum Gasteiger partial charge on any atom is 0.316 e. The van der Waals surface area contributed by atoms with E-state index in [1.807, 2.05) is 10.7 Å². The third kappa shape index (κ3) is 4.08. The molecular formula is C20H27N7O2. The molecule has 0 bridgehead atoms. The van der Waals surface area contributed by atoms with E-state index in [-0.39, 0.29) is 23.9 Å².